The Balaban J connectivity index is 2.24. The van der Waals surface area contributed by atoms with Crippen molar-refractivity contribution in [1.82, 2.24) is 19.7 Å². The molecule has 5 heteroatoms. The molecule has 0 N–H and O–H groups in total. The van der Waals surface area contributed by atoms with Gasteiger partial charge in [-0.3, -0.25) is 0 Å². The summed E-state index contributed by atoms with van der Waals surface area (Å²) >= 11 is 5.83. The van der Waals surface area contributed by atoms with Crippen molar-refractivity contribution < 1.29 is 0 Å². The van der Waals surface area contributed by atoms with E-state index in [1.54, 1.807) is 17.1 Å². The predicted octanol–water partition coefficient (Wildman–Crippen LogP) is 3.09. The second-order valence-electron chi connectivity index (χ2n) is 4.24. The third kappa shape index (κ3) is 1.75. The molecule has 90 valence electrons. The first kappa shape index (κ1) is 11.2. The van der Waals surface area contributed by atoms with Crippen LogP contribution in [0.4, 0.5) is 0 Å². The molecule has 0 unspecified atom stereocenters. The van der Waals surface area contributed by atoms with Gasteiger partial charge in [-0.05, 0) is 48.7 Å². The first-order valence-electron chi connectivity index (χ1n) is 5.59. The van der Waals surface area contributed by atoms with Crippen LogP contribution in [0.1, 0.15) is 11.1 Å². The van der Waals surface area contributed by atoms with Crippen LogP contribution in [0.2, 0.25) is 5.28 Å². The summed E-state index contributed by atoms with van der Waals surface area (Å²) in [4.78, 5) is 8.17. The molecule has 0 aliphatic rings. The maximum absolute atomic E-state index is 5.83. The lowest BCUT2D eigenvalue weighted by Crippen LogP contribution is -1.99. The third-order valence-corrected chi connectivity index (χ3v) is 3.20. The van der Waals surface area contributed by atoms with Gasteiger partial charge in [-0.25, -0.2) is 9.67 Å². The van der Waals surface area contributed by atoms with Crippen LogP contribution < -0.4 is 0 Å². The lowest BCUT2D eigenvalue weighted by atomic mass is 10.1. The fourth-order valence-corrected chi connectivity index (χ4v) is 1.97. The molecular formula is C13H11ClN4. The van der Waals surface area contributed by atoms with Gasteiger partial charge in [-0.2, -0.15) is 10.1 Å². The molecule has 0 saturated carbocycles. The van der Waals surface area contributed by atoms with E-state index in [9.17, 15) is 0 Å². The zero-order valence-electron chi connectivity index (χ0n) is 10.1. The van der Waals surface area contributed by atoms with E-state index in [0.717, 1.165) is 16.7 Å². The zero-order chi connectivity index (χ0) is 12.7. The molecule has 4 nitrogen and oxygen atoms in total. The van der Waals surface area contributed by atoms with E-state index < -0.39 is 0 Å². The minimum absolute atomic E-state index is 0.230. The maximum atomic E-state index is 5.83. The third-order valence-electron chi connectivity index (χ3n) is 3.01. The van der Waals surface area contributed by atoms with Gasteiger partial charge in [0.2, 0.25) is 5.28 Å². The van der Waals surface area contributed by atoms with E-state index in [4.69, 9.17) is 11.6 Å². The van der Waals surface area contributed by atoms with E-state index in [2.05, 4.69) is 41.0 Å². The average Bonchev–Trinajstić information content (AvgIpc) is 2.75. The van der Waals surface area contributed by atoms with Crippen LogP contribution in [0, 0.1) is 13.8 Å². The summed E-state index contributed by atoms with van der Waals surface area (Å²) in [7, 11) is 0. The first-order chi connectivity index (χ1) is 8.65. The van der Waals surface area contributed by atoms with E-state index in [0.29, 0.717) is 0 Å². The van der Waals surface area contributed by atoms with Crippen LogP contribution in [0.5, 0.6) is 0 Å². The highest BCUT2D eigenvalue weighted by atomic mass is 35.5. The van der Waals surface area contributed by atoms with Crippen LogP contribution in [0.3, 0.4) is 0 Å². The molecule has 0 bridgehead atoms. The van der Waals surface area contributed by atoms with E-state index in [1.807, 2.05) is 6.07 Å². The van der Waals surface area contributed by atoms with Crippen molar-refractivity contribution in [3.8, 4) is 5.69 Å². The topological polar surface area (TPSA) is 43.6 Å². The summed E-state index contributed by atoms with van der Waals surface area (Å²) in [5, 5.41) is 5.44. The van der Waals surface area contributed by atoms with Crippen molar-refractivity contribution in [3.63, 3.8) is 0 Å². The molecule has 0 fully saturated rings. The highest BCUT2D eigenvalue weighted by Gasteiger charge is 2.08. The number of fused-ring (bicyclic) bond motifs is 1. The molecule has 0 atom stereocenters. The zero-order valence-corrected chi connectivity index (χ0v) is 10.8. The number of aryl methyl sites for hydroxylation is 2. The van der Waals surface area contributed by atoms with E-state index in [-0.39, 0.29) is 5.28 Å². The Morgan fingerprint density at radius 3 is 2.72 bits per heavy atom. The number of aromatic nitrogens is 4. The highest BCUT2D eigenvalue weighted by molar-refractivity contribution is 6.28. The Morgan fingerprint density at radius 2 is 1.94 bits per heavy atom. The van der Waals surface area contributed by atoms with Crippen LogP contribution in [0.15, 0.2) is 30.6 Å². The van der Waals surface area contributed by atoms with Gasteiger partial charge in [0, 0.05) is 6.20 Å². The van der Waals surface area contributed by atoms with Gasteiger partial charge < -0.3 is 0 Å². The number of rotatable bonds is 1. The minimum atomic E-state index is 0.230. The number of benzene rings is 1. The molecular weight excluding hydrogens is 248 g/mol. The van der Waals surface area contributed by atoms with Crippen LogP contribution in [0.25, 0.3) is 16.7 Å². The smallest absolute Gasteiger partial charge is 0.224 e. The molecule has 0 amide bonds. The highest BCUT2D eigenvalue weighted by Crippen LogP contribution is 2.19. The van der Waals surface area contributed by atoms with Gasteiger partial charge in [0.25, 0.3) is 0 Å². The quantitative estimate of drug-likeness (QED) is 0.630. The second kappa shape index (κ2) is 4.07. The van der Waals surface area contributed by atoms with Crippen LogP contribution in [-0.2, 0) is 0 Å². The fraction of sp³-hybridized carbons (Fsp3) is 0.154. The van der Waals surface area contributed by atoms with Crippen molar-refractivity contribution in [2.45, 2.75) is 13.8 Å². The van der Waals surface area contributed by atoms with Gasteiger partial charge in [0.05, 0.1) is 17.3 Å². The van der Waals surface area contributed by atoms with Crippen molar-refractivity contribution in [2.75, 3.05) is 0 Å². The van der Waals surface area contributed by atoms with Crippen molar-refractivity contribution >= 4 is 22.6 Å². The van der Waals surface area contributed by atoms with Crippen molar-refractivity contribution in [3.05, 3.63) is 47.0 Å². The van der Waals surface area contributed by atoms with E-state index >= 15 is 0 Å². The molecule has 0 radical (unpaired) electrons. The fourth-order valence-electron chi connectivity index (χ4n) is 1.84. The maximum Gasteiger partial charge on any atom is 0.224 e. The summed E-state index contributed by atoms with van der Waals surface area (Å²) < 4.78 is 1.77. The Bertz CT molecular complexity index is 733. The Labute approximate surface area is 109 Å². The Morgan fingerprint density at radius 1 is 1.11 bits per heavy atom. The molecule has 0 aliphatic carbocycles. The number of hydrogen-bond acceptors (Lipinski definition) is 3. The summed E-state index contributed by atoms with van der Waals surface area (Å²) in [5.74, 6) is 0. The molecule has 1 aromatic carbocycles. The standard InChI is InChI=1S/C13H11ClN4/c1-8-3-4-11(5-9(8)2)18-12-10(7-16-18)6-15-13(14)17-12/h3-7H,1-2H3. The van der Waals surface area contributed by atoms with Gasteiger partial charge in [0.1, 0.15) is 0 Å². The summed E-state index contributed by atoms with van der Waals surface area (Å²) in [6.07, 6.45) is 3.41. The summed E-state index contributed by atoms with van der Waals surface area (Å²) in [5.41, 5.74) is 4.17. The van der Waals surface area contributed by atoms with E-state index in [1.165, 1.54) is 11.1 Å². The van der Waals surface area contributed by atoms with Crippen molar-refractivity contribution in [2.24, 2.45) is 0 Å². The summed E-state index contributed by atoms with van der Waals surface area (Å²) in [6.45, 7) is 4.16. The molecule has 0 aliphatic heterocycles. The Hall–Kier alpha value is -1.94. The number of hydrogen-bond donors (Lipinski definition) is 0. The number of nitrogens with zero attached hydrogens (tertiary/aromatic N) is 4. The second-order valence-corrected chi connectivity index (χ2v) is 4.58. The molecule has 3 rings (SSSR count). The predicted molar refractivity (Wildman–Crippen MR) is 71.1 cm³/mol. The normalized spacial score (nSPS) is 11.1. The van der Waals surface area contributed by atoms with Gasteiger partial charge >= 0.3 is 0 Å². The van der Waals surface area contributed by atoms with Gasteiger partial charge in [-0.1, -0.05) is 6.07 Å². The first-order valence-corrected chi connectivity index (χ1v) is 5.97. The summed E-state index contributed by atoms with van der Waals surface area (Å²) in [6, 6.07) is 6.17. The average molecular weight is 259 g/mol. The molecule has 2 heterocycles. The van der Waals surface area contributed by atoms with Gasteiger partial charge in [0.15, 0.2) is 5.65 Å². The SMILES string of the molecule is Cc1ccc(-n2ncc3cnc(Cl)nc32)cc1C. The van der Waals surface area contributed by atoms with Crippen LogP contribution >= 0.6 is 11.6 Å². The Kier molecular flexibility index (Phi) is 2.52. The lowest BCUT2D eigenvalue weighted by molar-refractivity contribution is 0.893. The largest absolute Gasteiger partial charge is 0.226 e. The van der Waals surface area contributed by atoms with Crippen molar-refractivity contribution in [1.29, 1.82) is 0 Å². The molecule has 3 aromatic rings. The molecule has 0 spiro atoms. The monoisotopic (exact) mass is 258 g/mol. The molecule has 18 heavy (non-hydrogen) atoms. The van der Waals surface area contributed by atoms with Gasteiger partial charge in [-0.15, -0.1) is 0 Å². The molecule has 0 saturated heterocycles. The van der Waals surface area contributed by atoms with Crippen LogP contribution in [-0.4, -0.2) is 19.7 Å². The minimum Gasteiger partial charge on any atom is -0.226 e. The molecule has 2 aromatic heterocycles. The number of halogens is 1. The lowest BCUT2D eigenvalue weighted by Gasteiger charge is -2.06.